The molecule has 1 aliphatic carbocycles. The summed E-state index contributed by atoms with van der Waals surface area (Å²) in [6.45, 7) is 9.92. The van der Waals surface area contributed by atoms with Gasteiger partial charge in [0, 0.05) is 35.4 Å². The van der Waals surface area contributed by atoms with E-state index >= 15 is 0 Å². The standard InChI is InChI=1S/C21H25BrNO2.ClH/c1-5-24-21(25-6-2)18-16-12-7-8-13-23(16)19(20(21,3)4)14-10-9-11-15(22)17(14)18;/h7-13,18-19H,5-6H2,1-4H3;1H/q+1;/p-1. The van der Waals surface area contributed by atoms with Gasteiger partial charge in [-0.15, -0.1) is 0 Å². The van der Waals surface area contributed by atoms with Crippen molar-refractivity contribution in [3.8, 4) is 0 Å². The van der Waals surface area contributed by atoms with Crippen molar-refractivity contribution in [2.24, 2.45) is 5.41 Å². The van der Waals surface area contributed by atoms with Crippen LogP contribution in [-0.2, 0) is 9.47 Å². The Morgan fingerprint density at radius 3 is 2.38 bits per heavy atom. The summed E-state index contributed by atoms with van der Waals surface area (Å²) in [5.41, 5.74) is 3.72. The average Bonchev–Trinajstić information content (AvgIpc) is 2.58. The van der Waals surface area contributed by atoms with Crippen molar-refractivity contribution in [2.75, 3.05) is 13.2 Å². The first kappa shape index (κ1) is 19.8. The normalized spacial score (nSPS) is 23.7. The Morgan fingerprint density at radius 2 is 1.73 bits per heavy atom. The van der Waals surface area contributed by atoms with E-state index in [1.807, 2.05) is 0 Å². The highest BCUT2D eigenvalue weighted by Gasteiger charge is 2.70. The second-order valence-electron chi connectivity index (χ2n) is 7.37. The SMILES string of the molecule is CCOC1(OCC)C2c3c(Br)cccc3C([n+]3ccccc32)C1(C)C.[Cl-]. The summed E-state index contributed by atoms with van der Waals surface area (Å²) < 4.78 is 16.5. The van der Waals surface area contributed by atoms with Gasteiger partial charge in [0.2, 0.25) is 0 Å². The first-order chi connectivity index (χ1) is 12.0. The van der Waals surface area contributed by atoms with Crippen LogP contribution in [0.3, 0.4) is 0 Å². The van der Waals surface area contributed by atoms with E-state index in [-0.39, 0.29) is 29.8 Å². The van der Waals surface area contributed by atoms with E-state index < -0.39 is 5.79 Å². The van der Waals surface area contributed by atoms with Crippen LogP contribution in [0.25, 0.3) is 0 Å². The Kier molecular flexibility index (Phi) is 5.26. The number of pyridine rings is 1. The minimum atomic E-state index is -0.681. The van der Waals surface area contributed by atoms with Crippen molar-refractivity contribution in [1.29, 1.82) is 0 Å². The van der Waals surface area contributed by atoms with Crippen LogP contribution in [0.1, 0.15) is 56.5 Å². The Hall–Kier alpha value is -0.940. The number of fused-ring (bicyclic) bond motifs is 1. The van der Waals surface area contributed by atoms with Crippen molar-refractivity contribution < 1.29 is 26.4 Å². The number of benzene rings is 1. The second kappa shape index (κ2) is 6.90. The van der Waals surface area contributed by atoms with E-state index in [0.717, 1.165) is 4.47 Å². The quantitative estimate of drug-likeness (QED) is 0.534. The number of aromatic nitrogens is 1. The van der Waals surface area contributed by atoms with Crippen LogP contribution in [0.2, 0.25) is 0 Å². The lowest BCUT2D eigenvalue weighted by atomic mass is 9.57. The fourth-order valence-corrected chi connectivity index (χ4v) is 5.65. The molecule has 3 nitrogen and oxygen atoms in total. The summed E-state index contributed by atoms with van der Waals surface area (Å²) in [6.07, 6.45) is 2.19. The van der Waals surface area contributed by atoms with Gasteiger partial charge in [0.25, 0.3) is 0 Å². The van der Waals surface area contributed by atoms with Gasteiger partial charge in [-0.25, -0.2) is 0 Å². The molecule has 0 radical (unpaired) electrons. The largest absolute Gasteiger partial charge is 1.00 e. The third-order valence-electron chi connectivity index (χ3n) is 5.85. The van der Waals surface area contributed by atoms with Crippen molar-refractivity contribution in [2.45, 2.75) is 45.4 Å². The number of ether oxygens (including phenoxy) is 2. The van der Waals surface area contributed by atoms with E-state index in [4.69, 9.17) is 9.47 Å². The zero-order valence-electron chi connectivity index (χ0n) is 15.6. The molecule has 2 aromatic rings. The van der Waals surface area contributed by atoms with Crippen LogP contribution in [0.5, 0.6) is 0 Å². The fraction of sp³-hybridized carbons (Fsp3) is 0.476. The number of halogens is 2. The highest BCUT2D eigenvalue weighted by Crippen LogP contribution is 2.62. The van der Waals surface area contributed by atoms with Gasteiger partial charge in [0.05, 0.1) is 5.41 Å². The summed E-state index contributed by atoms with van der Waals surface area (Å²) >= 11 is 3.81. The topological polar surface area (TPSA) is 22.3 Å². The van der Waals surface area contributed by atoms with Gasteiger partial charge in [0.15, 0.2) is 23.7 Å². The predicted octanol–water partition coefficient (Wildman–Crippen LogP) is 1.58. The molecule has 0 fully saturated rings. The molecule has 5 heteroatoms. The van der Waals surface area contributed by atoms with Gasteiger partial charge in [-0.2, -0.15) is 4.57 Å². The molecule has 0 N–H and O–H groups in total. The molecule has 5 rings (SSSR count). The van der Waals surface area contributed by atoms with Gasteiger partial charge in [-0.05, 0) is 39.3 Å². The first-order valence-electron chi connectivity index (χ1n) is 9.05. The summed E-state index contributed by atoms with van der Waals surface area (Å²) in [7, 11) is 0. The molecule has 0 saturated heterocycles. The molecule has 140 valence electrons. The van der Waals surface area contributed by atoms with Crippen LogP contribution in [0.4, 0.5) is 0 Å². The molecule has 26 heavy (non-hydrogen) atoms. The summed E-state index contributed by atoms with van der Waals surface area (Å²) in [4.78, 5) is 0. The lowest BCUT2D eigenvalue weighted by molar-refractivity contribution is -0.755. The Labute approximate surface area is 170 Å². The van der Waals surface area contributed by atoms with E-state index in [1.165, 1.54) is 16.8 Å². The van der Waals surface area contributed by atoms with Crippen molar-refractivity contribution in [3.63, 3.8) is 0 Å². The molecule has 1 aromatic heterocycles. The summed E-state index contributed by atoms with van der Waals surface area (Å²) in [5, 5.41) is 0. The van der Waals surface area contributed by atoms with Crippen molar-refractivity contribution >= 4 is 15.9 Å². The average molecular weight is 439 g/mol. The third kappa shape index (κ3) is 2.35. The number of hydrogen-bond acceptors (Lipinski definition) is 2. The maximum atomic E-state index is 6.47. The highest BCUT2D eigenvalue weighted by atomic mass is 79.9. The van der Waals surface area contributed by atoms with Crippen LogP contribution < -0.4 is 17.0 Å². The molecule has 2 unspecified atom stereocenters. The van der Waals surface area contributed by atoms with E-state index in [0.29, 0.717) is 13.2 Å². The maximum Gasteiger partial charge on any atom is 0.196 e. The minimum absolute atomic E-state index is 0. The van der Waals surface area contributed by atoms with Crippen molar-refractivity contribution in [3.05, 3.63) is 63.9 Å². The zero-order chi connectivity index (χ0) is 17.8. The van der Waals surface area contributed by atoms with Crippen molar-refractivity contribution in [1.82, 2.24) is 0 Å². The fourth-order valence-electron chi connectivity index (χ4n) is 5.04. The molecule has 0 amide bonds. The van der Waals surface area contributed by atoms with Crippen LogP contribution in [0, 0.1) is 5.41 Å². The lowest BCUT2D eigenvalue weighted by Crippen LogP contribution is -3.00. The zero-order valence-corrected chi connectivity index (χ0v) is 18.0. The Bertz CT molecular complexity index is 817. The molecule has 0 spiro atoms. The molecule has 1 aromatic carbocycles. The molecule has 3 aliphatic rings. The highest BCUT2D eigenvalue weighted by molar-refractivity contribution is 9.10. The predicted molar refractivity (Wildman–Crippen MR) is 101 cm³/mol. The molecular formula is C21H25BrClNO2. The lowest BCUT2D eigenvalue weighted by Gasteiger charge is -2.57. The molecular weight excluding hydrogens is 414 g/mol. The third-order valence-corrected chi connectivity index (χ3v) is 6.54. The summed E-state index contributed by atoms with van der Waals surface area (Å²) in [5.74, 6) is -0.654. The second-order valence-corrected chi connectivity index (χ2v) is 8.22. The summed E-state index contributed by atoms with van der Waals surface area (Å²) in [6, 6.07) is 13.1. The van der Waals surface area contributed by atoms with Gasteiger partial charge in [-0.3, -0.25) is 0 Å². The Balaban J connectivity index is 0.00000196. The van der Waals surface area contributed by atoms with Gasteiger partial charge in [-0.1, -0.05) is 34.1 Å². The minimum Gasteiger partial charge on any atom is -1.00 e. The molecule has 3 heterocycles. The number of hydrogen-bond donors (Lipinski definition) is 0. The van der Waals surface area contributed by atoms with E-state index in [1.54, 1.807) is 0 Å². The molecule has 2 bridgehead atoms. The van der Waals surface area contributed by atoms with Gasteiger partial charge >= 0.3 is 0 Å². The smallest absolute Gasteiger partial charge is 0.196 e. The van der Waals surface area contributed by atoms with Crippen LogP contribution >= 0.6 is 15.9 Å². The maximum absolute atomic E-state index is 6.47. The molecule has 2 aliphatic heterocycles. The molecule has 2 atom stereocenters. The molecule has 0 saturated carbocycles. The van der Waals surface area contributed by atoms with Gasteiger partial charge in [0.1, 0.15) is 5.92 Å². The number of nitrogens with zero attached hydrogens (tertiary/aromatic N) is 1. The number of rotatable bonds is 4. The monoisotopic (exact) mass is 437 g/mol. The van der Waals surface area contributed by atoms with E-state index in [9.17, 15) is 0 Å². The van der Waals surface area contributed by atoms with Gasteiger partial charge < -0.3 is 21.9 Å². The van der Waals surface area contributed by atoms with E-state index in [2.05, 4.69) is 90.8 Å². The van der Waals surface area contributed by atoms with Crippen LogP contribution in [0.15, 0.2) is 47.1 Å². The van der Waals surface area contributed by atoms with Crippen LogP contribution in [-0.4, -0.2) is 19.0 Å². The Morgan fingerprint density at radius 1 is 1.04 bits per heavy atom. The first-order valence-corrected chi connectivity index (χ1v) is 9.85.